The Hall–Kier alpha value is -2.86. The number of aromatic nitrogens is 2. The van der Waals surface area contributed by atoms with Crippen LogP contribution in [0.3, 0.4) is 0 Å². The molecule has 0 aliphatic heterocycles. The van der Waals surface area contributed by atoms with Gasteiger partial charge in [-0.1, -0.05) is 23.8 Å². The Labute approximate surface area is 153 Å². The van der Waals surface area contributed by atoms with Gasteiger partial charge < -0.3 is 15.0 Å². The van der Waals surface area contributed by atoms with E-state index >= 15 is 0 Å². The van der Waals surface area contributed by atoms with Crippen LogP contribution in [0, 0.1) is 6.92 Å². The molecule has 3 aromatic rings. The highest BCUT2D eigenvalue weighted by Gasteiger charge is 2.19. The molecule has 1 unspecified atom stereocenters. The zero-order valence-corrected chi connectivity index (χ0v) is 15.5. The van der Waals surface area contributed by atoms with Gasteiger partial charge in [0.05, 0.1) is 18.7 Å². The summed E-state index contributed by atoms with van der Waals surface area (Å²) in [5.74, 6) is 0.617. The van der Waals surface area contributed by atoms with Gasteiger partial charge in [-0.05, 0) is 50.8 Å². The lowest BCUT2D eigenvalue weighted by Crippen LogP contribution is -2.34. The molecular formula is C20H24N4O2. The average Bonchev–Trinajstić information content (AvgIpc) is 3.04. The highest BCUT2D eigenvalue weighted by Crippen LogP contribution is 2.22. The minimum Gasteiger partial charge on any atom is -0.497 e. The van der Waals surface area contributed by atoms with Crippen LogP contribution in [0.5, 0.6) is 5.75 Å². The molecule has 2 aromatic carbocycles. The molecule has 0 spiro atoms. The lowest BCUT2D eigenvalue weighted by atomic mass is 10.1. The van der Waals surface area contributed by atoms with Gasteiger partial charge in [-0.15, -0.1) is 0 Å². The Morgan fingerprint density at radius 3 is 2.81 bits per heavy atom. The summed E-state index contributed by atoms with van der Waals surface area (Å²) < 4.78 is 5.31. The van der Waals surface area contributed by atoms with Crippen LogP contribution in [0.4, 0.5) is 0 Å². The van der Waals surface area contributed by atoms with Gasteiger partial charge in [0, 0.05) is 11.9 Å². The van der Waals surface area contributed by atoms with Crippen molar-refractivity contribution in [3.05, 3.63) is 59.3 Å². The minimum absolute atomic E-state index is 0.0287. The second-order valence-corrected chi connectivity index (χ2v) is 6.59. The molecule has 1 heterocycles. The number of nitrogens with one attached hydrogen (secondary N) is 2. The first kappa shape index (κ1) is 17.9. The number of fused-ring (bicyclic) bond motifs is 1. The number of nitrogens with zero attached hydrogens (tertiary/aromatic N) is 2. The summed E-state index contributed by atoms with van der Waals surface area (Å²) in [4.78, 5) is 14.7. The maximum absolute atomic E-state index is 12.7. The van der Waals surface area contributed by atoms with Crippen molar-refractivity contribution in [3.63, 3.8) is 0 Å². The number of hydrogen-bond donors (Lipinski definition) is 2. The van der Waals surface area contributed by atoms with Crippen molar-refractivity contribution in [2.24, 2.45) is 0 Å². The number of ether oxygens (including phenoxy) is 1. The van der Waals surface area contributed by atoms with Crippen LogP contribution in [0.1, 0.15) is 27.7 Å². The fraction of sp³-hybridized carbons (Fsp3) is 0.300. The van der Waals surface area contributed by atoms with Crippen molar-refractivity contribution in [1.29, 1.82) is 0 Å². The van der Waals surface area contributed by atoms with Crippen molar-refractivity contribution in [2.75, 3.05) is 27.7 Å². The first-order valence-electron chi connectivity index (χ1n) is 8.53. The van der Waals surface area contributed by atoms with Crippen LogP contribution in [-0.4, -0.2) is 48.8 Å². The van der Waals surface area contributed by atoms with E-state index in [2.05, 4.69) is 20.4 Å². The molecule has 136 valence electrons. The number of rotatable bonds is 6. The van der Waals surface area contributed by atoms with E-state index in [0.717, 1.165) is 27.8 Å². The summed E-state index contributed by atoms with van der Waals surface area (Å²) in [5, 5.41) is 11.0. The fourth-order valence-electron chi connectivity index (χ4n) is 3.02. The molecule has 0 radical (unpaired) electrons. The third-order valence-electron chi connectivity index (χ3n) is 4.49. The summed E-state index contributed by atoms with van der Waals surface area (Å²) in [6, 6.07) is 13.8. The van der Waals surface area contributed by atoms with Gasteiger partial charge in [0.25, 0.3) is 5.91 Å². The predicted octanol–water partition coefficient (Wildman–Crippen LogP) is 2.91. The van der Waals surface area contributed by atoms with E-state index in [9.17, 15) is 4.79 Å². The maximum Gasteiger partial charge on any atom is 0.272 e. The highest BCUT2D eigenvalue weighted by atomic mass is 16.5. The van der Waals surface area contributed by atoms with Crippen LogP contribution in [-0.2, 0) is 0 Å². The number of aryl methyl sites for hydroxylation is 1. The third kappa shape index (κ3) is 3.70. The van der Waals surface area contributed by atoms with Gasteiger partial charge in [0.2, 0.25) is 0 Å². The van der Waals surface area contributed by atoms with Gasteiger partial charge >= 0.3 is 0 Å². The smallest absolute Gasteiger partial charge is 0.272 e. The zero-order valence-electron chi connectivity index (χ0n) is 15.5. The summed E-state index contributed by atoms with van der Waals surface area (Å²) in [6.45, 7) is 2.47. The van der Waals surface area contributed by atoms with E-state index < -0.39 is 0 Å². The number of H-pyrrole nitrogens is 1. The number of carbonyl (C=O) groups excluding carboxylic acids is 1. The molecule has 3 rings (SSSR count). The quantitative estimate of drug-likeness (QED) is 0.716. The molecule has 0 aliphatic carbocycles. The van der Waals surface area contributed by atoms with E-state index in [1.165, 1.54) is 0 Å². The van der Waals surface area contributed by atoms with Crippen molar-refractivity contribution < 1.29 is 9.53 Å². The summed E-state index contributed by atoms with van der Waals surface area (Å²) in [6.07, 6.45) is 0. The Kier molecular flexibility index (Phi) is 5.23. The van der Waals surface area contributed by atoms with Crippen LogP contribution < -0.4 is 10.1 Å². The molecule has 2 N–H and O–H groups in total. The Morgan fingerprint density at radius 2 is 2.08 bits per heavy atom. The van der Waals surface area contributed by atoms with E-state index in [-0.39, 0.29) is 11.9 Å². The van der Waals surface area contributed by atoms with Crippen molar-refractivity contribution in [1.82, 2.24) is 20.4 Å². The Morgan fingerprint density at radius 1 is 1.27 bits per heavy atom. The number of benzene rings is 2. The average molecular weight is 352 g/mol. The van der Waals surface area contributed by atoms with E-state index in [4.69, 9.17) is 4.74 Å². The summed E-state index contributed by atoms with van der Waals surface area (Å²) >= 11 is 0. The SMILES string of the molecule is COc1cccc(C(CNC(=O)c2n[nH]c3ccc(C)cc23)N(C)C)c1. The van der Waals surface area contributed by atoms with Gasteiger partial charge in [-0.3, -0.25) is 9.89 Å². The Balaban J connectivity index is 1.78. The largest absolute Gasteiger partial charge is 0.497 e. The second-order valence-electron chi connectivity index (χ2n) is 6.59. The molecular weight excluding hydrogens is 328 g/mol. The normalized spacial score (nSPS) is 12.3. The lowest BCUT2D eigenvalue weighted by molar-refractivity contribution is 0.0938. The van der Waals surface area contributed by atoms with Crippen molar-refractivity contribution in [2.45, 2.75) is 13.0 Å². The number of methoxy groups -OCH3 is 1. The molecule has 26 heavy (non-hydrogen) atoms. The third-order valence-corrected chi connectivity index (χ3v) is 4.49. The zero-order chi connectivity index (χ0) is 18.7. The number of amides is 1. The van der Waals surface area contributed by atoms with Crippen LogP contribution >= 0.6 is 0 Å². The van der Waals surface area contributed by atoms with Gasteiger partial charge in [-0.25, -0.2) is 0 Å². The van der Waals surface area contributed by atoms with Gasteiger partial charge in [0.1, 0.15) is 5.75 Å². The van der Waals surface area contributed by atoms with Crippen LogP contribution in [0.2, 0.25) is 0 Å². The molecule has 0 aliphatic rings. The second kappa shape index (κ2) is 7.58. The molecule has 0 saturated heterocycles. The van der Waals surface area contributed by atoms with E-state index in [0.29, 0.717) is 12.2 Å². The van der Waals surface area contributed by atoms with Gasteiger partial charge in [0.15, 0.2) is 5.69 Å². The van der Waals surface area contributed by atoms with E-state index in [1.54, 1.807) is 7.11 Å². The first-order valence-corrected chi connectivity index (χ1v) is 8.53. The summed E-state index contributed by atoms with van der Waals surface area (Å²) in [5.41, 5.74) is 3.46. The van der Waals surface area contributed by atoms with Crippen molar-refractivity contribution >= 4 is 16.8 Å². The molecule has 1 atom stereocenters. The minimum atomic E-state index is -0.184. The molecule has 6 nitrogen and oxygen atoms in total. The highest BCUT2D eigenvalue weighted by molar-refractivity contribution is 6.04. The molecule has 0 fully saturated rings. The number of likely N-dealkylation sites (N-methyl/N-ethyl adjacent to an activating group) is 1. The number of aromatic amines is 1. The van der Waals surface area contributed by atoms with Crippen LogP contribution in [0.25, 0.3) is 10.9 Å². The maximum atomic E-state index is 12.7. The Bertz CT molecular complexity index is 917. The molecule has 1 amide bonds. The van der Waals surface area contributed by atoms with Gasteiger partial charge in [-0.2, -0.15) is 5.10 Å². The fourth-order valence-corrected chi connectivity index (χ4v) is 3.02. The standard InChI is InChI=1S/C20H24N4O2/c1-13-8-9-17-16(10-13)19(23-22-17)20(25)21-12-18(24(2)3)14-6-5-7-15(11-14)26-4/h5-11,18H,12H2,1-4H3,(H,21,25)(H,22,23). The predicted molar refractivity (Wildman–Crippen MR) is 103 cm³/mol. The number of carbonyl (C=O) groups is 1. The first-order chi connectivity index (χ1) is 12.5. The molecule has 6 heteroatoms. The molecule has 1 aromatic heterocycles. The lowest BCUT2D eigenvalue weighted by Gasteiger charge is -2.25. The number of hydrogen-bond acceptors (Lipinski definition) is 4. The van der Waals surface area contributed by atoms with E-state index in [1.807, 2.05) is 63.5 Å². The molecule has 0 saturated carbocycles. The molecule has 0 bridgehead atoms. The van der Waals surface area contributed by atoms with Crippen LogP contribution in [0.15, 0.2) is 42.5 Å². The topological polar surface area (TPSA) is 70.2 Å². The van der Waals surface area contributed by atoms with Crippen molar-refractivity contribution in [3.8, 4) is 5.75 Å². The summed E-state index contributed by atoms with van der Waals surface area (Å²) in [7, 11) is 5.63. The monoisotopic (exact) mass is 352 g/mol.